The van der Waals surface area contributed by atoms with Gasteiger partial charge in [0.1, 0.15) is 5.75 Å². The highest BCUT2D eigenvalue weighted by atomic mass is 32.2. The standard InChI is InChI=1S/C12H19NO4S/c1-4-17-12-6-5-11(7-10(12)8-14)18(15,16)13-9(2)3/h5-7,9,13-14H,4,8H2,1-3H3. The molecule has 0 spiro atoms. The predicted octanol–water partition coefficient (Wildman–Crippen LogP) is 1.26. The second-order valence-electron chi connectivity index (χ2n) is 4.14. The number of hydrogen-bond acceptors (Lipinski definition) is 4. The van der Waals surface area contributed by atoms with Crippen LogP contribution in [-0.2, 0) is 16.6 Å². The van der Waals surface area contributed by atoms with Crippen LogP contribution in [0.1, 0.15) is 26.3 Å². The second kappa shape index (κ2) is 6.17. The summed E-state index contributed by atoms with van der Waals surface area (Å²) in [6, 6.07) is 4.27. The average Bonchev–Trinajstić information content (AvgIpc) is 2.28. The van der Waals surface area contributed by atoms with Gasteiger partial charge < -0.3 is 9.84 Å². The minimum atomic E-state index is -3.54. The zero-order valence-electron chi connectivity index (χ0n) is 10.8. The number of sulfonamides is 1. The summed E-state index contributed by atoms with van der Waals surface area (Å²) in [4.78, 5) is 0.128. The summed E-state index contributed by atoms with van der Waals surface area (Å²) in [6.45, 7) is 5.52. The van der Waals surface area contributed by atoms with Crippen LogP contribution in [0.2, 0.25) is 0 Å². The largest absolute Gasteiger partial charge is 0.494 e. The number of nitrogens with one attached hydrogen (secondary N) is 1. The van der Waals surface area contributed by atoms with E-state index >= 15 is 0 Å². The molecular weight excluding hydrogens is 254 g/mol. The van der Waals surface area contributed by atoms with Crippen molar-refractivity contribution in [3.63, 3.8) is 0 Å². The molecule has 0 aliphatic carbocycles. The highest BCUT2D eigenvalue weighted by Crippen LogP contribution is 2.22. The first-order chi connectivity index (χ1) is 8.40. The van der Waals surface area contributed by atoms with Gasteiger partial charge in [-0.2, -0.15) is 0 Å². The Morgan fingerprint density at radius 1 is 1.39 bits per heavy atom. The summed E-state index contributed by atoms with van der Waals surface area (Å²) >= 11 is 0. The van der Waals surface area contributed by atoms with E-state index in [4.69, 9.17) is 4.74 Å². The van der Waals surface area contributed by atoms with Crippen molar-refractivity contribution in [2.24, 2.45) is 0 Å². The molecule has 0 saturated heterocycles. The van der Waals surface area contributed by atoms with E-state index in [-0.39, 0.29) is 17.5 Å². The highest BCUT2D eigenvalue weighted by molar-refractivity contribution is 7.89. The fourth-order valence-electron chi connectivity index (χ4n) is 1.52. The van der Waals surface area contributed by atoms with Crippen LogP contribution < -0.4 is 9.46 Å². The monoisotopic (exact) mass is 273 g/mol. The minimum absolute atomic E-state index is 0.128. The van der Waals surface area contributed by atoms with Crippen LogP contribution >= 0.6 is 0 Å². The maximum absolute atomic E-state index is 11.9. The maximum atomic E-state index is 11.9. The van der Waals surface area contributed by atoms with Gasteiger partial charge in [0.05, 0.1) is 18.1 Å². The zero-order valence-corrected chi connectivity index (χ0v) is 11.6. The molecule has 1 aromatic rings. The fourth-order valence-corrected chi connectivity index (χ4v) is 2.82. The summed E-state index contributed by atoms with van der Waals surface area (Å²) in [5.74, 6) is 0.503. The molecular formula is C12H19NO4S. The molecule has 0 aliphatic rings. The molecule has 2 N–H and O–H groups in total. The van der Waals surface area contributed by atoms with Crippen LogP contribution in [0, 0.1) is 0 Å². The smallest absolute Gasteiger partial charge is 0.240 e. The minimum Gasteiger partial charge on any atom is -0.494 e. The van der Waals surface area contributed by atoms with Gasteiger partial charge in [-0.3, -0.25) is 0 Å². The molecule has 0 heterocycles. The summed E-state index contributed by atoms with van der Waals surface area (Å²) in [5, 5.41) is 9.22. The van der Waals surface area contributed by atoms with Crippen molar-refractivity contribution in [1.29, 1.82) is 0 Å². The second-order valence-corrected chi connectivity index (χ2v) is 5.85. The Hall–Kier alpha value is -1.11. The van der Waals surface area contributed by atoms with Crippen LogP contribution in [0.4, 0.5) is 0 Å². The van der Waals surface area contributed by atoms with Crippen LogP contribution in [0.5, 0.6) is 5.75 Å². The molecule has 0 aromatic heterocycles. The van der Waals surface area contributed by atoms with E-state index in [1.54, 1.807) is 19.9 Å². The number of rotatable bonds is 6. The third-order valence-corrected chi connectivity index (χ3v) is 3.86. The molecule has 0 bridgehead atoms. The van der Waals surface area contributed by atoms with Gasteiger partial charge in [-0.1, -0.05) is 0 Å². The molecule has 18 heavy (non-hydrogen) atoms. The zero-order chi connectivity index (χ0) is 13.8. The molecule has 6 heteroatoms. The van der Waals surface area contributed by atoms with E-state index < -0.39 is 10.0 Å². The van der Waals surface area contributed by atoms with E-state index in [1.165, 1.54) is 12.1 Å². The third kappa shape index (κ3) is 3.69. The number of ether oxygens (including phenoxy) is 1. The topological polar surface area (TPSA) is 75.6 Å². The van der Waals surface area contributed by atoms with E-state index in [0.29, 0.717) is 17.9 Å². The summed E-state index contributed by atoms with van der Waals surface area (Å²) < 4.78 is 31.7. The lowest BCUT2D eigenvalue weighted by molar-refractivity contribution is 0.266. The van der Waals surface area contributed by atoms with E-state index in [9.17, 15) is 13.5 Å². The molecule has 0 saturated carbocycles. The molecule has 1 rings (SSSR count). The summed E-state index contributed by atoms with van der Waals surface area (Å²) in [5.41, 5.74) is 0.462. The quantitative estimate of drug-likeness (QED) is 0.818. The van der Waals surface area contributed by atoms with Crippen molar-refractivity contribution in [2.45, 2.75) is 38.3 Å². The van der Waals surface area contributed by atoms with Crippen molar-refractivity contribution < 1.29 is 18.3 Å². The lowest BCUT2D eigenvalue weighted by Crippen LogP contribution is -2.30. The van der Waals surface area contributed by atoms with Crippen molar-refractivity contribution in [2.75, 3.05) is 6.61 Å². The highest BCUT2D eigenvalue weighted by Gasteiger charge is 2.17. The van der Waals surface area contributed by atoms with Gasteiger partial charge in [0, 0.05) is 11.6 Å². The molecule has 102 valence electrons. The molecule has 0 unspecified atom stereocenters. The van der Waals surface area contributed by atoms with Gasteiger partial charge in [-0.25, -0.2) is 13.1 Å². The van der Waals surface area contributed by atoms with Gasteiger partial charge in [0.15, 0.2) is 0 Å². The van der Waals surface area contributed by atoms with Gasteiger partial charge in [-0.05, 0) is 39.0 Å². The predicted molar refractivity (Wildman–Crippen MR) is 69.0 cm³/mol. The Bertz CT molecular complexity index is 497. The Kier molecular flexibility index (Phi) is 5.13. The fraction of sp³-hybridized carbons (Fsp3) is 0.500. The van der Waals surface area contributed by atoms with E-state index in [1.807, 2.05) is 6.92 Å². The lowest BCUT2D eigenvalue weighted by atomic mass is 10.2. The SMILES string of the molecule is CCOc1ccc(S(=O)(=O)NC(C)C)cc1CO. The molecule has 0 aliphatic heterocycles. The Morgan fingerprint density at radius 2 is 2.06 bits per heavy atom. The van der Waals surface area contributed by atoms with Crippen LogP contribution in [-0.4, -0.2) is 26.2 Å². The average molecular weight is 273 g/mol. The van der Waals surface area contributed by atoms with Crippen LogP contribution in [0.15, 0.2) is 23.1 Å². The molecule has 0 radical (unpaired) electrons. The number of hydrogen-bond donors (Lipinski definition) is 2. The van der Waals surface area contributed by atoms with Crippen molar-refractivity contribution in [1.82, 2.24) is 4.72 Å². The van der Waals surface area contributed by atoms with Gasteiger partial charge in [0.25, 0.3) is 0 Å². The molecule has 0 atom stereocenters. The Balaban J connectivity index is 3.12. The van der Waals surface area contributed by atoms with E-state index in [0.717, 1.165) is 0 Å². The summed E-state index contributed by atoms with van der Waals surface area (Å²) in [7, 11) is -3.54. The molecule has 0 amide bonds. The van der Waals surface area contributed by atoms with Gasteiger partial charge in [0.2, 0.25) is 10.0 Å². The molecule has 1 aromatic carbocycles. The number of aliphatic hydroxyl groups excluding tert-OH is 1. The van der Waals surface area contributed by atoms with Crippen molar-refractivity contribution >= 4 is 10.0 Å². The van der Waals surface area contributed by atoms with Crippen molar-refractivity contribution in [3.8, 4) is 5.75 Å². The molecule has 0 fully saturated rings. The summed E-state index contributed by atoms with van der Waals surface area (Å²) in [6.07, 6.45) is 0. The van der Waals surface area contributed by atoms with Crippen LogP contribution in [0.25, 0.3) is 0 Å². The van der Waals surface area contributed by atoms with E-state index in [2.05, 4.69) is 4.72 Å². The first-order valence-electron chi connectivity index (χ1n) is 5.79. The normalized spacial score (nSPS) is 11.8. The van der Waals surface area contributed by atoms with Crippen LogP contribution in [0.3, 0.4) is 0 Å². The first-order valence-corrected chi connectivity index (χ1v) is 7.28. The Labute approximate surface area is 108 Å². The van der Waals surface area contributed by atoms with Gasteiger partial charge >= 0.3 is 0 Å². The molecule has 5 nitrogen and oxygen atoms in total. The maximum Gasteiger partial charge on any atom is 0.240 e. The van der Waals surface area contributed by atoms with Gasteiger partial charge in [-0.15, -0.1) is 0 Å². The Morgan fingerprint density at radius 3 is 2.56 bits per heavy atom. The first kappa shape index (κ1) is 14.9. The number of benzene rings is 1. The number of aliphatic hydroxyl groups is 1. The van der Waals surface area contributed by atoms with Crippen molar-refractivity contribution in [3.05, 3.63) is 23.8 Å². The lowest BCUT2D eigenvalue weighted by Gasteiger charge is -2.13. The third-order valence-electron chi connectivity index (χ3n) is 2.20.